The third-order valence-electron chi connectivity index (χ3n) is 2.73. The Labute approximate surface area is 94.7 Å². The molecule has 0 aliphatic heterocycles. The van der Waals surface area contributed by atoms with Gasteiger partial charge in [-0.25, -0.2) is 0 Å². The van der Waals surface area contributed by atoms with Crippen LogP contribution in [0.2, 0.25) is 0 Å². The molecule has 0 bridgehead atoms. The first kappa shape index (κ1) is 14.3. The molecular formula is C12H27N3. The Bertz CT molecular complexity index is 183. The lowest BCUT2D eigenvalue weighted by Crippen LogP contribution is -2.40. The molecule has 0 fully saturated rings. The van der Waals surface area contributed by atoms with Crippen LogP contribution in [-0.4, -0.2) is 30.0 Å². The minimum Gasteiger partial charge on any atom is -0.370 e. The molecule has 0 rings (SSSR count). The molecule has 0 aromatic carbocycles. The van der Waals surface area contributed by atoms with E-state index in [1.54, 1.807) is 0 Å². The van der Waals surface area contributed by atoms with Gasteiger partial charge in [0.2, 0.25) is 0 Å². The summed E-state index contributed by atoms with van der Waals surface area (Å²) in [5, 5.41) is 0. The number of rotatable bonds is 6. The summed E-state index contributed by atoms with van der Waals surface area (Å²) in [6.07, 6.45) is 2.42. The van der Waals surface area contributed by atoms with Gasteiger partial charge in [-0.2, -0.15) is 0 Å². The van der Waals surface area contributed by atoms with Crippen LogP contribution in [0.5, 0.6) is 0 Å². The third kappa shape index (κ3) is 5.65. The van der Waals surface area contributed by atoms with Crippen LogP contribution < -0.4 is 5.73 Å². The zero-order chi connectivity index (χ0) is 11.8. The maximum atomic E-state index is 5.96. The summed E-state index contributed by atoms with van der Waals surface area (Å²) in [7, 11) is 0. The molecule has 15 heavy (non-hydrogen) atoms. The average molecular weight is 213 g/mol. The number of nitrogens with two attached hydrogens (primary N) is 1. The van der Waals surface area contributed by atoms with E-state index in [9.17, 15) is 0 Å². The van der Waals surface area contributed by atoms with Crippen molar-refractivity contribution in [3.8, 4) is 0 Å². The SMILES string of the molecule is CCC(CC)CN(CC)C(N)=NC(C)C. The van der Waals surface area contributed by atoms with Gasteiger partial charge in [0.1, 0.15) is 0 Å². The maximum Gasteiger partial charge on any atom is 0.191 e. The largest absolute Gasteiger partial charge is 0.370 e. The zero-order valence-electron chi connectivity index (χ0n) is 11.0. The quantitative estimate of drug-likeness (QED) is 0.544. The van der Waals surface area contributed by atoms with Gasteiger partial charge in [-0.15, -0.1) is 0 Å². The molecule has 0 aromatic rings. The van der Waals surface area contributed by atoms with Crippen molar-refractivity contribution in [2.24, 2.45) is 16.6 Å². The molecule has 3 nitrogen and oxygen atoms in total. The predicted octanol–water partition coefficient (Wildman–Crippen LogP) is 2.47. The van der Waals surface area contributed by atoms with Crippen LogP contribution in [0.4, 0.5) is 0 Å². The summed E-state index contributed by atoms with van der Waals surface area (Å²) in [5.74, 6) is 1.42. The number of nitrogens with zero attached hydrogens (tertiary/aromatic N) is 2. The Morgan fingerprint density at radius 3 is 2.07 bits per heavy atom. The van der Waals surface area contributed by atoms with Crippen LogP contribution in [0, 0.1) is 5.92 Å². The topological polar surface area (TPSA) is 41.6 Å². The first-order valence-corrected chi connectivity index (χ1v) is 6.13. The second kappa shape index (κ2) is 7.55. The molecule has 2 N–H and O–H groups in total. The summed E-state index contributed by atoms with van der Waals surface area (Å²) >= 11 is 0. The fourth-order valence-electron chi connectivity index (χ4n) is 1.59. The van der Waals surface area contributed by atoms with Crippen molar-refractivity contribution >= 4 is 5.96 Å². The van der Waals surface area contributed by atoms with Gasteiger partial charge < -0.3 is 10.6 Å². The monoisotopic (exact) mass is 213 g/mol. The number of hydrogen-bond acceptors (Lipinski definition) is 1. The van der Waals surface area contributed by atoms with Crippen molar-refractivity contribution < 1.29 is 0 Å². The van der Waals surface area contributed by atoms with Crippen molar-refractivity contribution in [1.29, 1.82) is 0 Å². The van der Waals surface area contributed by atoms with E-state index < -0.39 is 0 Å². The van der Waals surface area contributed by atoms with Crippen molar-refractivity contribution in [2.45, 2.75) is 53.5 Å². The van der Waals surface area contributed by atoms with E-state index in [1.165, 1.54) is 12.8 Å². The Kier molecular flexibility index (Phi) is 7.18. The van der Waals surface area contributed by atoms with Gasteiger partial charge in [-0.05, 0) is 26.7 Å². The number of hydrogen-bond donors (Lipinski definition) is 1. The molecule has 0 aromatic heterocycles. The minimum absolute atomic E-state index is 0.278. The van der Waals surface area contributed by atoms with Crippen LogP contribution >= 0.6 is 0 Å². The van der Waals surface area contributed by atoms with Crippen LogP contribution in [-0.2, 0) is 0 Å². The third-order valence-corrected chi connectivity index (χ3v) is 2.73. The van der Waals surface area contributed by atoms with Gasteiger partial charge in [0.15, 0.2) is 5.96 Å². The lowest BCUT2D eigenvalue weighted by Gasteiger charge is -2.26. The normalized spacial score (nSPS) is 12.6. The molecule has 0 saturated carbocycles. The van der Waals surface area contributed by atoms with Crippen LogP contribution in [0.1, 0.15) is 47.5 Å². The highest BCUT2D eigenvalue weighted by Crippen LogP contribution is 2.09. The van der Waals surface area contributed by atoms with Crippen LogP contribution in [0.25, 0.3) is 0 Å². The first-order valence-electron chi connectivity index (χ1n) is 6.13. The van der Waals surface area contributed by atoms with E-state index >= 15 is 0 Å². The first-order chi connectivity index (χ1) is 7.04. The standard InChI is InChI=1S/C12H27N3/c1-6-11(7-2)9-15(8-3)12(13)14-10(4)5/h10-11H,6-9H2,1-5H3,(H2,13,14). The smallest absolute Gasteiger partial charge is 0.191 e. The molecule has 90 valence electrons. The molecule has 0 unspecified atom stereocenters. The van der Waals surface area contributed by atoms with Gasteiger partial charge >= 0.3 is 0 Å². The molecule has 3 heteroatoms. The fourth-order valence-corrected chi connectivity index (χ4v) is 1.59. The van der Waals surface area contributed by atoms with E-state index in [0.29, 0.717) is 5.96 Å². The number of guanidine groups is 1. The molecule has 0 radical (unpaired) electrons. The second-order valence-electron chi connectivity index (χ2n) is 4.30. The minimum atomic E-state index is 0.278. The second-order valence-corrected chi connectivity index (χ2v) is 4.30. The van der Waals surface area contributed by atoms with Gasteiger partial charge in [0, 0.05) is 19.1 Å². The van der Waals surface area contributed by atoms with Gasteiger partial charge in [0.25, 0.3) is 0 Å². The lowest BCUT2D eigenvalue weighted by atomic mass is 10.0. The van der Waals surface area contributed by atoms with Crippen molar-refractivity contribution in [3.05, 3.63) is 0 Å². The van der Waals surface area contributed by atoms with E-state index in [0.717, 1.165) is 19.0 Å². The molecule has 0 saturated heterocycles. The molecule has 0 spiro atoms. The fraction of sp³-hybridized carbons (Fsp3) is 0.917. The molecule has 0 amide bonds. The van der Waals surface area contributed by atoms with Crippen molar-refractivity contribution in [2.75, 3.05) is 13.1 Å². The molecule has 0 aliphatic carbocycles. The summed E-state index contributed by atoms with van der Waals surface area (Å²) in [6.45, 7) is 12.7. The Balaban J connectivity index is 4.35. The van der Waals surface area contributed by atoms with E-state index in [2.05, 4.69) is 44.5 Å². The van der Waals surface area contributed by atoms with Gasteiger partial charge in [-0.3, -0.25) is 4.99 Å². The maximum absolute atomic E-state index is 5.96. The summed E-state index contributed by atoms with van der Waals surface area (Å²) < 4.78 is 0. The van der Waals surface area contributed by atoms with Gasteiger partial charge in [0.05, 0.1) is 0 Å². The lowest BCUT2D eigenvalue weighted by molar-refractivity contribution is 0.331. The highest BCUT2D eigenvalue weighted by Gasteiger charge is 2.11. The highest BCUT2D eigenvalue weighted by atomic mass is 15.2. The van der Waals surface area contributed by atoms with E-state index in [4.69, 9.17) is 5.73 Å². The zero-order valence-corrected chi connectivity index (χ0v) is 11.0. The van der Waals surface area contributed by atoms with Crippen LogP contribution in [0.3, 0.4) is 0 Å². The molecular weight excluding hydrogens is 186 g/mol. The van der Waals surface area contributed by atoms with Crippen LogP contribution in [0.15, 0.2) is 4.99 Å². The van der Waals surface area contributed by atoms with E-state index in [1.807, 2.05) is 0 Å². The molecule has 0 heterocycles. The Morgan fingerprint density at radius 1 is 1.20 bits per heavy atom. The molecule has 0 atom stereocenters. The van der Waals surface area contributed by atoms with Crippen molar-refractivity contribution in [3.63, 3.8) is 0 Å². The highest BCUT2D eigenvalue weighted by molar-refractivity contribution is 5.78. The Hall–Kier alpha value is -0.730. The van der Waals surface area contributed by atoms with Gasteiger partial charge in [-0.1, -0.05) is 26.7 Å². The van der Waals surface area contributed by atoms with E-state index in [-0.39, 0.29) is 6.04 Å². The summed E-state index contributed by atoms with van der Waals surface area (Å²) in [4.78, 5) is 6.57. The Morgan fingerprint density at radius 2 is 1.73 bits per heavy atom. The predicted molar refractivity (Wildman–Crippen MR) is 68.1 cm³/mol. The van der Waals surface area contributed by atoms with Crippen molar-refractivity contribution in [1.82, 2.24) is 4.90 Å². The summed E-state index contributed by atoms with van der Waals surface area (Å²) in [5.41, 5.74) is 5.96. The molecule has 0 aliphatic rings. The average Bonchev–Trinajstić information content (AvgIpc) is 2.18. The number of aliphatic imine (C=N–C) groups is 1. The summed E-state index contributed by atoms with van der Waals surface area (Å²) in [6, 6.07) is 0.278.